The number of nitriles is 1. The highest BCUT2D eigenvalue weighted by Crippen LogP contribution is 2.86. The van der Waals surface area contributed by atoms with Crippen LogP contribution in [0.5, 0.6) is 0 Å². The van der Waals surface area contributed by atoms with Crippen LogP contribution < -0.4 is 5.32 Å². The number of hydrogen-bond donors (Lipinski definition) is 1. The van der Waals surface area contributed by atoms with Gasteiger partial charge in [-0.05, 0) is 72.0 Å². The third-order valence-corrected chi connectivity index (χ3v) is 14.7. The molecule has 7 heteroatoms. The Morgan fingerprint density at radius 2 is 0.967 bits per heavy atom. The Labute approximate surface area is 349 Å². The molecule has 5 aliphatic rings. The second kappa shape index (κ2) is 13.5. The average molecular weight is 776 g/mol. The van der Waals surface area contributed by atoms with E-state index >= 15 is 0 Å². The van der Waals surface area contributed by atoms with Crippen molar-refractivity contribution in [3.63, 3.8) is 0 Å². The quantitative estimate of drug-likeness (QED) is 0.166. The topological polar surface area (TPSA) is 99.2 Å². The van der Waals surface area contributed by atoms with Crippen molar-refractivity contribution in [1.29, 1.82) is 5.26 Å². The Bertz CT molecular complexity index is 2770. The van der Waals surface area contributed by atoms with Crippen molar-refractivity contribution in [2.45, 2.75) is 37.3 Å². The van der Waals surface area contributed by atoms with Crippen molar-refractivity contribution < 1.29 is 0 Å². The monoisotopic (exact) mass is 775 g/mol. The van der Waals surface area contributed by atoms with Crippen molar-refractivity contribution in [1.82, 2.24) is 20.3 Å². The lowest BCUT2D eigenvalue weighted by atomic mass is 9.33. The van der Waals surface area contributed by atoms with E-state index in [1.807, 2.05) is 97.1 Å². The van der Waals surface area contributed by atoms with Crippen molar-refractivity contribution in [3.8, 4) is 40.2 Å². The summed E-state index contributed by atoms with van der Waals surface area (Å²) in [5, 5.41) is 14.4. The van der Waals surface area contributed by atoms with Gasteiger partial charge in [-0.15, -0.1) is 0 Å². The molecule has 4 saturated carbocycles. The Balaban J connectivity index is 0.962. The molecule has 4 aliphatic carbocycles. The summed E-state index contributed by atoms with van der Waals surface area (Å²) in [5.41, 5.74) is 9.09. The van der Waals surface area contributed by atoms with E-state index in [-0.39, 0.29) is 5.41 Å². The number of fused-ring (bicyclic) bond motifs is 1. The van der Waals surface area contributed by atoms with Gasteiger partial charge in [0.2, 0.25) is 0 Å². The second-order valence-corrected chi connectivity index (χ2v) is 17.3. The maximum Gasteiger partial charge on any atom is 0.171 e. The largest absolute Gasteiger partial charge is 0.324 e. The predicted molar refractivity (Wildman–Crippen MR) is 235 cm³/mol. The molecule has 0 amide bonds. The van der Waals surface area contributed by atoms with Crippen LogP contribution in [0.1, 0.15) is 65.2 Å². The molecule has 6 atom stereocenters. The van der Waals surface area contributed by atoms with Crippen LogP contribution in [-0.4, -0.2) is 26.6 Å². The third-order valence-electron chi connectivity index (χ3n) is 14.7. The molecular weight excluding hydrogens is 735 g/mol. The Kier molecular flexibility index (Phi) is 7.87. The fourth-order valence-electron chi connectivity index (χ4n) is 12.2. The normalized spacial score (nSPS) is 25.8. The van der Waals surface area contributed by atoms with Crippen LogP contribution in [0.2, 0.25) is 0 Å². The lowest BCUT2D eigenvalue weighted by molar-refractivity contribution is -0.194. The molecule has 2 heterocycles. The summed E-state index contributed by atoms with van der Waals surface area (Å²) >= 11 is 0. The molecule has 1 aliphatic heterocycles. The van der Waals surface area contributed by atoms with Gasteiger partial charge in [-0.1, -0.05) is 158 Å². The number of rotatable bonds is 8. The first-order valence-electron chi connectivity index (χ1n) is 21.2. The molecule has 12 rings (SSSR count). The zero-order chi connectivity index (χ0) is 39.8. The van der Waals surface area contributed by atoms with Crippen LogP contribution in [0.25, 0.3) is 34.2 Å². The lowest BCUT2D eigenvalue weighted by Crippen LogP contribution is -2.65. The van der Waals surface area contributed by atoms with Crippen molar-refractivity contribution in [3.05, 3.63) is 197 Å². The molecular formula is C53H41N7. The van der Waals surface area contributed by atoms with Crippen LogP contribution in [0.3, 0.4) is 0 Å². The van der Waals surface area contributed by atoms with Crippen molar-refractivity contribution >= 4 is 11.7 Å². The molecule has 7 nitrogen and oxygen atoms in total. The standard InChI is InChI=1S/C53H41N7/c54-32-38-27-40(25-26-44(38)51-59-48(35-17-9-3-10-18-35)58-49(60-51)36-19-11-4-12-20-36)53(43-29-41-28-42-30-45(53)52(41,42)31-43)39-23-21-37(22-24-39)50-56-46(33-13-5-1-6-14-33)55-47(57-50)34-15-7-2-8-16-34/h1-27,41-43,45,51H,28-31H2,(H,58,59,60)/t41?,42?,43?,45-,52?,53?/m0/s1. The molecule has 7 aromatic rings. The highest BCUT2D eigenvalue weighted by molar-refractivity contribution is 6.15. The summed E-state index contributed by atoms with van der Waals surface area (Å²) < 4.78 is 0. The zero-order valence-electron chi connectivity index (χ0n) is 33.0. The van der Waals surface area contributed by atoms with E-state index in [4.69, 9.17) is 24.9 Å². The van der Waals surface area contributed by atoms with E-state index in [1.165, 1.54) is 36.8 Å². The molecule has 0 radical (unpaired) electrons. The lowest BCUT2D eigenvalue weighted by Gasteiger charge is -2.70. The maximum atomic E-state index is 10.9. The minimum absolute atomic E-state index is 0.190. The number of aliphatic imine (C=N–C) groups is 2. The van der Waals surface area contributed by atoms with Crippen LogP contribution >= 0.6 is 0 Å². The van der Waals surface area contributed by atoms with Gasteiger partial charge in [0.05, 0.1) is 11.6 Å². The SMILES string of the molecule is N#Cc1cc(C2(c3ccc(-c4nc(-c5ccccc5)nc(-c5ccccc5)n4)cc3)C3CC4CC5C[C@H]2C45C3)ccc1C1N=C(c2ccccc2)NC(c2ccccc2)=N1. The van der Waals surface area contributed by atoms with E-state index in [2.05, 4.69) is 78.1 Å². The van der Waals surface area contributed by atoms with E-state index in [0.29, 0.717) is 40.3 Å². The second-order valence-electron chi connectivity index (χ2n) is 17.3. The van der Waals surface area contributed by atoms with Gasteiger partial charge < -0.3 is 5.32 Å². The first-order chi connectivity index (χ1) is 29.6. The van der Waals surface area contributed by atoms with Crippen molar-refractivity contribution in [2.75, 3.05) is 0 Å². The smallest absolute Gasteiger partial charge is 0.171 e. The van der Waals surface area contributed by atoms with Gasteiger partial charge in [-0.3, -0.25) is 0 Å². The number of amidine groups is 2. The van der Waals surface area contributed by atoms with Gasteiger partial charge in [0.25, 0.3) is 0 Å². The Hall–Kier alpha value is -7.04. The summed E-state index contributed by atoms with van der Waals surface area (Å²) in [5.74, 6) is 6.17. The summed E-state index contributed by atoms with van der Waals surface area (Å²) in [6.07, 6.45) is 4.58. The highest BCUT2D eigenvalue weighted by atomic mass is 15.2. The van der Waals surface area contributed by atoms with Gasteiger partial charge in [0.15, 0.2) is 23.6 Å². The summed E-state index contributed by atoms with van der Waals surface area (Å²) in [4.78, 5) is 25.3. The molecule has 2 bridgehead atoms. The first kappa shape index (κ1) is 35.0. The van der Waals surface area contributed by atoms with E-state index in [0.717, 1.165) is 56.9 Å². The third kappa shape index (κ3) is 5.16. The van der Waals surface area contributed by atoms with E-state index in [1.54, 1.807) is 0 Å². The first-order valence-corrected chi connectivity index (χ1v) is 21.2. The Morgan fingerprint density at radius 3 is 1.47 bits per heavy atom. The molecule has 0 saturated heterocycles. The fourth-order valence-corrected chi connectivity index (χ4v) is 12.2. The van der Waals surface area contributed by atoms with E-state index in [9.17, 15) is 5.26 Å². The molecule has 60 heavy (non-hydrogen) atoms. The minimum Gasteiger partial charge on any atom is -0.324 e. The predicted octanol–water partition coefficient (Wildman–Crippen LogP) is 10.6. The van der Waals surface area contributed by atoms with Crippen LogP contribution in [0.15, 0.2) is 174 Å². The van der Waals surface area contributed by atoms with Crippen LogP contribution in [0.4, 0.5) is 0 Å². The molecule has 288 valence electrons. The van der Waals surface area contributed by atoms with Gasteiger partial charge in [-0.2, -0.15) is 5.26 Å². The van der Waals surface area contributed by atoms with Crippen LogP contribution in [-0.2, 0) is 5.41 Å². The van der Waals surface area contributed by atoms with Gasteiger partial charge in [0, 0.05) is 38.8 Å². The number of benzene rings is 6. The molecule has 1 aromatic heterocycles. The highest BCUT2D eigenvalue weighted by Gasteiger charge is 2.81. The molecule has 5 unspecified atom stereocenters. The van der Waals surface area contributed by atoms with Gasteiger partial charge >= 0.3 is 0 Å². The molecule has 1 spiro atoms. The maximum absolute atomic E-state index is 10.9. The van der Waals surface area contributed by atoms with E-state index < -0.39 is 6.17 Å². The van der Waals surface area contributed by atoms with Crippen LogP contribution in [0, 0.1) is 40.4 Å². The number of nitrogens with one attached hydrogen (secondary N) is 1. The van der Waals surface area contributed by atoms with Gasteiger partial charge in [-0.25, -0.2) is 24.9 Å². The number of aromatic nitrogens is 3. The molecule has 4 fully saturated rings. The van der Waals surface area contributed by atoms with Gasteiger partial charge in [0.1, 0.15) is 11.7 Å². The molecule has 6 aromatic carbocycles. The fraction of sp³-hybridized carbons (Fsp3) is 0.208. The number of hydrogen-bond acceptors (Lipinski definition) is 7. The minimum atomic E-state index is -0.569. The zero-order valence-corrected chi connectivity index (χ0v) is 33.0. The summed E-state index contributed by atoms with van der Waals surface area (Å²) in [6.45, 7) is 0. The summed E-state index contributed by atoms with van der Waals surface area (Å²) in [6, 6.07) is 59.0. The average Bonchev–Trinajstić information content (AvgIpc) is 3.83. The molecule has 1 N–H and O–H groups in total. The Morgan fingerprint density at radius 1 is 0.500 bits per heavy atom. The van der Waals surface area contributed by atoms with Crippen molar-refractivity contribution in [2.24, 2.45) is 39.1 Å². The summed E-state index contributed by atoms with van der Waals surface area (Å²) in [7, 11) is 0. The number of nitrogens with zero attached hydrogens (tertiary/aromatic N) is 6.